The highest BCUT2D eigenvalue weighted by Gasteiger charge is 2.33. The van der Waals surface area contributed by atoms with E-state index in [0.717, 1.165) is 25.7 Å². The highest BCUT2D eigenvalue weighted by molar-refractivity contribution is 5.81. The number of ether oxygens (including phenoxy) is 5. The van der Waals surface area contributed by atoms with Crippen LogP contribution >= 0.6 is 0 Å². The van der Waals surface area contributed by atoms with E-state index >= 15 is 0 Å². The number of hydrogen-bond donors (Lipinski definition) is 7. The number of nitrogens with one attached hydrogen (secondary N) is 5. The lowest BCUT2D eigenvalue weighted by atomic mass is 9.82. The van der Waals surface area contributed by atoms with Crippen molar-refractivity contribution in [1.29, 1.82) is 0 Å². The second-order valence-corrected chi connectivity index (χ2v) is 12.8. The third-order valence-corrected chi connectivity index (χ3v) is 8.17. The topological polar surface area (TPSA) is 232 Å². The molecule has 0 saturated heterocycles. The van der Waals surface area contributed by atoms with Crippen LogP contribution in [0, 0.1) is 24.7 Å². The first-order chi connectivity index (χ1) is 27.2. The number of hydrogen-bond acceptors (Lipinski definition) is 12. The molecular weight excluding hydrogens is 730 g/mol. The highest BCUT2D eigenvalue weighted by atomic mass is 16.5. The average molecular weight is 798 g/mol. The molecule has 7 N–H and O–H groups in total. The monoisotopic (exact) mass is 797 g/mol. The van der Waals surface area contributed by atoms with Gasteiger partial charge in [-0.2, -0.15) is 0 Å². The molecule has 320 valence electrons. The minimum absolute atomic E-state index is 0.0138. The van der Waals surface area contributed by atoms with E-state index in [9.17, 15) is 24.0 Å². The van der Waals surface area contributed by atoms with Crippen LogP contribution in [-0.4, -0.2) is 151 Å². The number of terminal acetylenes is 2. The van der Waals surface area contributed by atoms with Gasteiger partial charge in [-0.1, -0.05) is 24.7 Å². The summed E-state index contributed by atoms with van der Waals surface area (Å²) in [6.45, 7) is 3.66. The van der Waals surface area contributed by atoms with E-state index < -0.39 is 5.54 Å². The molecule has 0 spiro atoms. The molecule has 0 aromatic carbocycles. The Balaban J connectivity index is 5.55. The summed E-state index contributed by atoms with van der Waals surface area (Å²) in [4.78, 5) is 64.5. The predicted molar refractivity (Wildman–Crippen MR) is 209 cm³/mol. The Morgan fingerprint density at radius 2 is 0.857 bits per heavy atom. The van der Waals surface area contributed by atoms with Gasteiger partial charge in [0.05, 0.1) is 59.5 Å². The Labute approximate surface area is 332 Å². The number of rotatable bonds is 39. The number of carbonyl (C=O) groups excluding carboxylic acids is 5. The molecular formula is C39H67N5O12. The second kappa shape index (κ2) is 38.1. The largest absolute Gasteiger partial charge is 0.396 e. The van der Waals surface area contributed by atoms with Crippen molar-refractivity contribution in [3.05, 3.63) is 0 Å². The van der Waals surface area contributed by atoms with Gasteiger partial charge < -0.3 is 60.5 Å². The maximum atomic E-state index is 13.4. The van der Waals surface area contributed by atoms with Crippen molar-refractivity contribution in [3.63, 3.8) is 0 Å². The molecule has 0 atom stereocenters. The molecule has 5 amide bonds. The lowest BCUT2D eigenvalue weighted by Gasteiger charge is -2.35. The van der Waals surface area contributed by atoms with Crippen LogP contribution in [0.4, 0.5) is 0 Å². The minimum Gasteiger partial charge on any atom is -0.396 e. The van der Waals surface area contributed by atoms with Crippen molar-refractivity contribution in [2.24, 2.45) is 0 Å². The number of amides is 5. The molecule has 0 bridgehead atoms. The Kier molecular flexibility index (Phi) is 35.5. The summed E-state index contributed by atoms with van der Waals surface area (Å²) in [5, 5.41) is 32.0. The standard InChI is InChI=1S/C39H67N5O12/c1-3-24-52-30-32-55-27-20-42-36(49)13-16-39(15-12-35(48)41-19-26-54-29-23-46,17-14-37(50)43-21-28-56-33-31-53-25-4-2)44-38(51)11-9-10-34(47)40-18-7-5-6-8-22-45/h1-2,45-46H,5-33H2,(H,40,47)(H,41,48)(H,42,49)(H,43,50)(H,44,51). The van der Waals surface area contributed by atoms with E-state index in [1.807, 2.05) is 0 Å². The van der Waals surface area contributed by atoms with Gasteiger partial charge in [0, 0.05) is 70.4 Å². The molecule has 0 rings (SSSR count). The van der Waals surface area contributed by atoms with Crippen LogP contribution in [0.3, 0.4) is 0 Å². The lowest BCUT2D eigenvalue weighted by molar-refractivity contribution is -0.128. The number of aliphatic hydroxyl groups is 2. The number of unbranched alkanes of at least 4 members (excludes halogenated alkanes) is 3. The fourth-order valence-electron chi connectivity index (χ4n) is 5.22. The third kappa shape index (κ3) is 33.5. The van der Waals surface area contributed by atoms with Gasteiger partial charge in [-0.25, -0.2) is 0 Å². The molecule has 17 nitrogen and oxygen atoms in total. The van der Waals surface area contributed by atoms with Gasteiger partial charge >= 0.3 is 0 Å². The summed E-state index contributed by atoms with van der Waals surface area (Å²) in [6, 6.07) is 0. The zero-order chi connectivity index (χ0) is 41.4. The van der Waals surface area contributed by atoms with E-state index in [4.69, 9.17) is 46.7 Å². The van der Waals surface area contributed by atoms with Crippen molar-refractivity contribution in [2.75, 3.05) is 105 Å². The van der Waals surface area contributed by atoms with Gasteiger partial charge in [-0.15, -0.1) is 12.8 Å². The molecule has 0 radical (unpaired) electrons. The first-order valence-electron chi connectivity index (χ1n) is 19.6. The van der Waals surface area contributed by atoms with Gasteiger partial charge in [0.2, 0.25) is 29.5 Å². The highest BCUT2D eigenvalue weighted by Crippen LogP contribution is 2.26. The molecule has 0 saturated carbocycles. The van der Waals surface area contributed by atoms with E-state index in [0.29, 0.717) is 33.0 Å². The molecule has 0 aliphatic carbocycles. The van der Waals surface area contributed by atoms with Crippen LogP contribution < -0.4 is 26.6 Å². The summed E-state index contributed by atoms with van der Waals surface area (Å²) >= 11 is 0. The summed E-state index contributed by atoms with van der Waals surface area (Å²) in [5.41, 5.74) is -1.12. The van der Waals surface area contributed by atoms with Crippen molar-refractivity contribution < 1.29 is 57.9 Å². The Hall–Kier alpha value is -3.81. The fraction of sp³-hybridized carbons (Fsp3) is 0.769. The summed E-state index contributed by atoms with van der Waals surface area (Å²) in [6.07, 6.45) is 14.4. The summed E-state index contributed by atoms with van der Waals surface area (Å²) in [5.74, 6) is 3.26. The summed E-state index contributed by atoms with van der Waals surface area (Å²) in [7, 11) is 0. The molecule has 0 unspecified atom stereocenters. The molecule has 0 aromatic heterocycles. The number of carbonyl (C=O) groups is 5. The van der Waals surface area contributed by atoms with Crippen LogP contribution in [0.2, 0.25) is 0 Å². The average Bonchev–Trinajstić information content (AvgIpc) is 3.18. The normalized spacial score (nSPS) is 10.9. The van der Waals surface area contributed by atoms with Crippen molar-refractivity contribution in [3.8, 4) is 24.7 Å². The number of aliphatic hydroxyl groups excluding tert-OH is 2. The lowest BCUT2D eigenvalue weighted by Crippen LogP contribution is -2.50. The van der Waals surface area contributed by atoms with Gasteiger partial charge in [-0.05, 0) is 38.5 Å². The SMILES string of the molecule is C#CCOCCOCCNC(=O)CCC(CCC(=O)NCCOCCO)(CCC(=O)NCCOCCOCC#C)NC(=O)CCCC(=O)NCCCCCCO. The van der Waals surface area contributed by atoms with Crippen molar-refractivity contribution in [2.45, 2.75) is 89.0 Å². The van der Waals surface area contributed by atoms with Gasteiger partial charge in [0.15, 0.2) is 0 Å². The predicted octanol–water partition coefficient (Wildman–Crippen LogP) is -0.288. The maximum Gasteiger partial charge on any atom is 0.220 e. The molecule has 56 heavy (non-hydrogen) atoms. The third-order valence-electron chi connectivity index (χ3n) is 8.17. The molecule has 17 heteroatoms. The van der Waals surface area contributed by atoms with Gasteiger partial charge in [0.1, 0.15) is 13.2 Å². The summed E-state index contributed by atoms with van der Waals surface area (Å²) < 4.78 is 26.4. The smallest absolute Gasteiger partial charge is 0.220 e. The van der Waals surface area contributed by atoms with E-state index in [1.54, 1.807) is 0 Å². The Bertz CT molecular complexity index is 1100. The van der Waals surface area contributed by atoms with Crippen LogP contribution in [0.25, 0.3) is 0 Å². The first-order valence-corrected chi connectivity index (χ1v) is 19.6. The molecule has 0 aliphatic heterocycles. The first kappa shape index (κ1) is 52.2. The second-order valence-electron chi connectivity index (χ2n) is 12.8. The quantitative estimate of drug-likeness (QED) is 0.0315. The maximum absolute atomic E-state index is 13.4. The fourth-order valence-corrected chi connectivity index (χ4v) is 5.22. The molecule has 0 aromatic rings. The van der Waals surface area contributed by atoms with Crippen molar-refractivity contribution >= 4 is 29.5 Å². The van der Waals surface area contributed by atoms with E-state index in [-0.39, 0.29) is 160 Å². The zero-order valence-corrected chi connectivity index (χ0v) is 33.1. The minimum atomic E-state index is -1.12. The van der Waals surface area contributed by atoms with Crippen LogP contribution in [0.1, 0.15) is 83.5 Å². The van der Waals surface area contributed by atoms with Crippen molar-refractivity contribution in [1.82, 2.24) is 26.6 Å². The van der Waals surface area contributed by atoms with Crippen LogP contribution in [0.5, 0.6) is 0 Å². The zero-order valence-electron chi connectivity index (χ0n) is 33.1. The van der Waals surface area contributed by atoms with Gasteiger partial charge in [0.25, 0.3) is 0 Å². The Morgan fingerprint density at radius 3 is 1.32 bits per heavy atom. The molecule has 0 fully saturated rings. The van der Waals surface area contributed by atoms with Gasteiger partial charge in [-0.3, -0.25) is 24.0 Å². The molecule has 0 aliphatic rings. The molecule has 0 heterocycles. The Morgan fingerprint density at radius 1 is 0.446 bits per heavy atom. The van der Waals surface area contributed by atoms with E-state index in [1.165, 1.54) is 0 Å². The van der Waals surface area contributed by atoms with E-state index in [2.05, 4.69) is 38.4 Å². The van der Waals surface area contributed by atoms with Crippen LogP contribution in [-0.2, 0) is 47.7 Å². The van der Waals surface area contributed by atoms with Crippen LogP contribution in [0.15, 0.2) is 0 Å².